The number of carbonyl (C=O) groups excluding carboxylic acids is 3. The van der Waals surface area contributed by atoms with Crippen LogP contribution in [0.4, 0.5) is 10.1 Å². The van der Waals surface area contributed by atoms with E-state index in [1.807, 2.05) is 0 Å². The molecule has 0 saturated carbocycles. The molecule has 2 rings (SSSR count). The number of nitrogens with zero attached hydrogens (tertiary/aromatic N) is 2. The van der Waals surface area contributed by atoms with Crippen LogP contribution in [0.3, 0.4) is 0 Å². The van der Waals surface area contributed by atoms with Gasteiger partial charge in [0.25, 0.3) is 17.6 Å². The molecule has 3 N–H and O–H groups in total. The highest BCUT2D eigenvalue weighted by Gasteiger charge is 2.26. The Morgan fingerprint density at radius 2 is 1.93 bits per heavy atom. The molecule has 0 saturated heterocycles. The van der Waals surface area contributed by atoms with E-state index in [9.17, 15) is 23.9 Å². The first-order valence-electron chi connectivity index (χ1n) is 9.24. The maximum atomic E-state index is 13.5. The molecule has 8 nitrogen and oxygen atoms in total. The monoisotopic (exact) mass is 414 g/mol. The standard InChI is InChI=1S/C21H23FN4O4/c1-11(2)17(10-27)25-21(30)19(28)15-8-18(26(4)12(15)3)20(29)24-14-5-6-16(22)13(7-14)9-23/h5-8,11,17,27H,10H2,1-4H3,(H,24,29)(H,25,30)/t17-/m1/s1. The number of nitrogens with one attached hydrogen (secondary N) is 2. The molecule has 0 aliphatic carbocycles. The van der Waals surface area contributed by atoms with E-state index in [1.165, 1.54) is 22.8 Å². The summed E-state index contributed by atoms with van der Waals surface area (Å²) in [7, 11) is 1.56. The summed E-state index contributed by atoms with van der Waals surface area (Å²) >= 11 is 0. The fourth-order valence-electron chi connectivity index (χ4n) is 2.81. The Labute approximate surface area is 173 Å². The number of nitriles is 1. The highest BCUT2D eigenvalue weighted by atomic mass is 19.1. The third-order valence-corrected chi connectivity index (χ3v) is 4.88. The number of carbonyl (C=O) groups is 3. The molecular weight excluding hydrogens is 391 g/mol. The van der Waals surface area contributed by atoms with Crippen molar-refractivity contribution in [3.8, 4) is 6.07 Å². The Bertz CT molecular complexity index is 1040. The minimum Gasteiger partial charge on any atom is -0.394 e. The average Bonchev–Trinajstić information content (AvgIpc) is 3.01. The van der Waals surface area contributed by atoms with Crippen molar-refractivity contribution in [2.24, 2.45) is 13.0 Å². The van der Waals surface area contributed by atoms with E-state index in [-0.39, 0.29) is 35.0 Å². The van der Waals surface area contributed by atoms with Crippen molar-refractivity contribution in [1.82, 2.24) is 9.88 Å². The summed E-state index contributed by atoms with van der Waals surface area (Å²) in [5.74, 6) is -3.06. The second-order valence-corrected chi connectivity index (χ2v) is 7.18. The maximum Gasteiger partial charge on any atom is 0.292 e. The predicted octanol–water partition coefficient (Wildman–Crippen LogP) is 1.91. The van der Waals surface area contributed by atoms with Gasteiger partial charge in [-0.2, -0.15) is 5.26 Å². The fraction of sp³-hybridized carbons (Fsp3) is 0.333. The Balaban J connectivity index is 2.25. The molecule has 0 radical (unpaired) electrons. The van der Waals surface area contributed by atoms with Crippen molar-refractivity contribution in [3.63, 3.8) is 0 Å². The number of anilines is 1. The van der Waals surface area contributed by atoms with Crippen molar-refractivity contribution in [2.45, 2.75) is 26.8 Å². The van der Waals surface area contributed by atoms with E-state index < -0.39 is 29.5 Å². The van der Waals surface area contributed by atoms with E-state index in [1.54, 1.807) is 33.9 Å². The largest absolute Gasteiger partial charge is 0.394 e. The van der Waals surface area contributed by atoms with Gasteiger partial charge in [-0.25, -0.2) is 4.39 Å². The van der Waals surface area contributed by atoms with Crippen molar-refractivity contribution in [3.05, 3.63) is 52.6 Å². The van der Waals surface area contributed by atoms with Gasteiger partial charge >= 0.3 is 0 Å². The van der Waals surface area contributed by atoms with Gasteiger partial charge in [0.05, 0.1) is 18.2 Å². The molecule has 1 aromatic heterocycles. The first-order chi connectivity index (χ1) is 14.1. The van der Waals surface area contributed by atoms with Gasteiger partial charge in [0.1, 0.15) is 17.6 Å². The zero-order valence-corrected chi connectivity index (χ0v) is 17.1. The number of ketones is 1. The van der Waals surface area contributed by atoms with Gasteiger partial charge in [0.2, 0.25) is 0 Å². The average molecular weight is 414 g/mol. The van der Waals surface area contributed by atoms with Gasteiger partial charge in [-0.1, -0.05) is 13.8 Å². The Kier molecular flexibility index (Phi) is 7.08. The van der Waals surface area contributed by atoms with Gasteiger partial charge < -0.3 is 20.3 Å². The first-order valence-corrected chi connectivity index (χ1v) is 9.24. The third-order valence-electron chi connectivity index (χ3n) is 4.88. The topological polar surface area (TPSA) is 124 Å². The molecule has 1 atom stereocenters. The number of rotatable bonds is 7. The summed E-state index contributed by atoms with van der Waals surface area (Å²) in [6.07, 6.45) is 0. The molecule has 2 amide bonds. The van der Waals surface area contributed by atoms with Crippen LogP contribution in [0.2, 0.25) is 0 Å². The minimum absolute atomic E-state index is 0.0532. The molecule has 1 heterocycles. The van der Waals surface area contributed by atoms with E-state index in [0.29, 0.717) is 5.69 Å². The number of Topliss-reactive ketones (excluding diaryl/α,β-unsaturated/α-hetero) is 1. The normalized spacial score (nSPS) is 11.7. The van der Waals surface area contributed by atoms with Crippen molar-refractivity contribution >= 4 is 23.3 Å². The van der Waals surface area contributed by atoms with Gasteiger partial charge in [-0.15, -0.1) is 0 Å². The number of hydrogen-bond acceptors (Lipinski definition) is 5. The molecule has 0 fully saturated rings. The Morgan fingerprint density at radius 3 is 2.50 bits per heavy atom. The van der Waals surface area contributed by atoms with Gasteiger partial charge in [-0.3, -0.25) is 14.4 Å². The van der Waals surface area contributed by atoms with Crippen LogP contribution >= 0.6 is 0 Å². The van der Waals surface area contributed by atoms with Crippen LogP contribution in [0.5, 0.6) is 0 Å². The highest BCUT2D eigenvalue weighted by Crippen LogP contribution is 2.19. The zero-order valence-electron chi connectivity index (χ0n) is 17.1. The van der Waals surface area contributed by atoms with Crippen molar-refractivity contribution < 1.29 is 23.9 Å². The molecule has 158 valence electrons. The lowest BCUT2D eigenvalue weighted by atomic mass is 10.0. The lowest BCUT2D eigenvalue weighted by Crippen LogP contribution is -2.44. The third kappa shape index (κ3) is 4.72. The van der Waals surface area contributed by atoms with Crippen LogP contribution in [-0.4, -0.2) is 39.9 Å². The fourth-order valence-corrected chi connectivity index (χ4v) is 2.81. The molecule has 9 heteroatoms. The number of hydrogen-bond donors (Lipinski definition) is 3. The molecular formula is C21H23FN4O4. The van der Waals surface area contributed by atoms with Crippen LogP contribution in [0, 0.1) is 30.0 Å². The van der Waals surface area contributed by atoms with E-state index >= 15 is 0 Å². The van der Waals surface area contributed by atoms with Crippen LogP contribution < -0.4 is 10.6 Å². The summed E-state index contributed by atoms with van der Waals surface area (Å²) < 4.78 is 14.9. The zero-order chi connectivity index (χ0) is 22.6. The molecule has 1 aromatic carbocycles. The van der Waals surface area contributed by atoms with Gasteiger partial charge in [-0.05, 0) is 37.1 Å². The Morgan fingerprint density at radius 1 is 1.27 bits per heavy atom. The number of benzene rings is 1. The van der Waals surface area contributed by atoms with Crippen LogP contribution in [0.1, 0.15) is 46.0 Å². The highest BCUT2D eigenvalue weighted by molar-refractivity contribution is 6.43. The van der Waals surface area contributed by atoms with E-state index in [0.717, 1.165) is 6.07 Å². The summed E-state index contributed by atoms with van der Waals surface area (Å²) in [6.45, 7) is 4.89. The molecule has 0 bridgehead atoms. The number of amides is 2. The SMILES string of the molecule is Cc1c(C(=O)C(=O)N[C@H](CO)C(C)C)cc(C(=O)Nc2ccc(F)c(C#N)c2)n1C. The summed E-state index contributed by atoms with van der Waals surface area (Å²) in [6, 6.07) is 5.99. The molecule has 30 heavy (non-hydrogen) atoms. The molecule has 2 aromatic rings. The van der Waals surface area contributed by atoms with Crippen molar-refractivity contribution in [1.29, 1.82) is 5.26 Å². The molecule has 0 unspecified atom stereocenters. The number of aliphatic hydroxyl groups is 1. The number of halogens is 1. The van der Waals surface area contributed by atoms with Crippen LogP contribution in [0.15, 0.2) is 24.3 Å². The predicted molar refractivity (Wildman–Crippen MR) is 107 cm³/mol. The molecule has 0 aliphatic rings. The van der Waals surface area contributed by atoms with Crippen molar-refractivity contribution in [2.75, 3.05) is 11.9 Å². The summed E-state index contributed by atoms with van der Waals surface area (Å²) in [5.41, 5.74) is 0.561. The summed E-state index contributed by atoms with van der Waals surface area (Å²) in [5, 5.41) is 23.3. The first kappa shape index (κ1) is 22.8. The molecule has 0 spiro atoms. The second-order valence-electron chi connectivity index (χ2n) is 7.18. The van der Waals surface area contributed by atoms with Crippen LogP contribution in [-0.2, 0) is 11.8 Å². The minimum atomic E-state index is -0.874. The quantitative estimate of drug-likeness (QED) is 0.472. The number of aliphatic hydroxyl groups excluding tert-OH is 1. The molecule has 0 aliphatic heterocycles. The Hall–Kier alpha value is -3.51. The van der Waals surface area contributed by atoms with Crippen LogP contribution in [0.25, 0.3) is 0 Å². The van der Waals surface area contributed by atoms with E-state index in [2.05, 4.69) is 10.6 Å². The second kappa shape index (κ2) is 9.33. The number of aromatic nitrogens is 1. The van der Waals surface area contributed by atoms with Gasteiger partial charge in [0, 0.05) is 24.0 Å². The smallest absolute Gasteiger partial charge is 0.292 e. The summed E-state index contributed by atoms with van der Waals surface area (Å²) in [4.78, 5) is 37.5. The lowest BCUT2D eigenvalue weighted by molar-refractivity contribution is -0.118. The van der Waals surface area contributed by atoms with Gasteiger partial charge in [0.15, 0.2) is 0 Å². The maximum absolute atomic E-state index is 13.5. The lowest BCUT2D eigenvalue weighted by Gasteiger charge is -2.19. The van der Waals surface area contributed by atoms with E-state index in [4.69, 9.17) is 5.26 Å².